The third-order valence-corrected chi connectivity index (χ3v) is 3.60. The van der Waals surface area contributed by atoms with Crippen LogP contribution in [0, 0.1) is 5.92 Å². The first-order valence-corrected chi connectivity index (χ1v) is 6.99. The molecule has 2 atom stereocenters. The SMILES string of the molecule is CCC(C)[C@H](NC(=O)CN1CCCNCC1)C(=O)O. The van der Waals surface area contributed by atoms with Crippen LogP contribution in [0.5, 0.6) is 0 Å². The highest BCUT2D eigenvalue weighted by atomic mass is 16.4. The van der Waals surface area contributed by atoms with Gasteiger partial charge in [-0.25, -0.2) is 4.79 Å². The van der Waals surface area contributed by atoms with Crippen LogP contribution in [0.15, 0.2) is 0 Å². The lowest BCUT2D eigenvalue weighted by Crippen LogP contribution is -2.48. The van der Waals surface area contributed by atoms with Crippen molar-refractivity contribution in [3.05, 3.63) is 0 Å². The van der Waals surface area contributed by atoms with Gasteiger partial charge in [0.25, 0.3) is 0 Å². The predicted octanol–water partition coefficient (Wildman–Crippen LogP) is -0.103. The van der Waals surface area contributed by atoms with Gasteiger partial charge in [0.05, 0.1) is 6.54 Å². The lowest BCUT2D eigenvalue weighted by atomic mass is 9.99. The van der Waals surface area contributed by atoms with E-state index in [2.05, 4.69) is 15.5 Å². The highest BCUT2D eigenvalue weighted by molar-refractivity contribution is 5.84. The van der Waals surface area contributed by atoms with E-state index in [1.54, 1.807) is 0 Å². The van der Waals surface area contributed by atoms with Gasteiger partial charge in [0.2, 0.25) is 5.91 Å². The van der Waals surface area contributed by atoms with E-state index in [4.69, 9.17) is 5.11 Å². The highest BCUT2D eigenvalue weighted by Gasteiger charge is 2.25. The summed E-state index contributed by atoms with van der Waals surface area (Å²) in [7, 11) is 0. The summed E-state index contributed by atoms with van der Waals surface area (Å²) in [5.41, 5.74) is 0. The monoisotopic (exact) mass is 271 g/mol. The highest BCUT2D eigenvalue weighted by Crippen LogP contribution is 2.08. The number of carbonyl (C=O) groups excluding carboxylic acids is 1. The van der Waals surface area contributed by atoms with Crippen molar-refractivity contribution in [3.8, 4) is 0 Å². The summed E-state index contributed by atoms with van der Waals surface area (Å²) in [5, 5.41) is 15.0. The molecule has 3 N–H and O–H groups in total. The fourth-order valence-corrected chi connectivity index (χ4v) is 2.17. The number of amides is 1. The zero-order valence-electron chi connectivity index (χ0n) is 11.8. The summed E-state index contributed by atoms with van der Waals surface area (Å²) in [6.45, 7) is 7.60. The van der Waals surface area contributed by atoms with Crippen molar-refractivity contribution < 1.29 is 14.7 Å². The number of rotatable bonds is 6. The lowest BCUT2D eigenvalue weighted by molar-refractivity contribution is -0.143. The number of aliphatic carboxylic acids is 1. The fourth-order valence-electron chi connectivity index (χ4n) is 2.17. The Hall–Kier alpha value is -1.14. The number of carbonyl (C=O) groups is 2. The Balaban J connectivity index is 2.45. The summed E-state index contributed by atoms with van der Waals surface area (Å²) < 4.78 is 0. The van der Waals surface area contributed by atoms with E-state index in [-0.39, 0.29) is 18.4 Å². The zero-order chi connectivity index (χ0) is 14.3. The van der Waals surface area contributed by atoms with E-state index in [0.29, 0.717) is 0 Å². The van der Waals surface area contributed by atoms with Gasteiger partial charge in [0.15, 0.2) is 0 Å². The van der Waals surface area contributed by atoms with Crippen LogP contribution in [0.4, 0.5) is 0 Å². The first-order chi connectivity index (χ1) is 9.04. The van der Waals surface area contributed by atoms with Gasteiger partial charge in [-0.05, 0) is 25.4 Å². The molecule has 110 valence electrons. The van der Waals surface area contributed by atoms with Crippen LogP contribution >= 0.6 is 0 Å². The molecule has 0 aliphatic carbocycles. The molecular weight excluding hydrogens is 246 g/mol. The molecule has 1 amide bonds. The van der Waals surface area contributed by atoms with E-state index >= 15 is 0 Å². The second kappa shape index (κ2) is 8.12. The molecule has 6 nitrogen and oxygen atoms in total. The van der Waals surface area contributed by atoms with Gasteiger partial charge >= 0.3 is 5.97 Å². The van der Waals surface area contributed by atoms with Crippen molar-refractivity contribution in [2.45, 2.75) is 32.7 Å². The Kier molecular flexibility index (Phi) is 6.80. The number of nitrogens with one attached hydrogen (secondary N) is 2. The van der Waals surface area contributed by atoms with Crippen molar-refractivity contribution >= 4 is 11.9 Å². The molecular formula is C13H25N3O3. The topological polar surface area (TPSA) is 81.7 Å². The van der Waals surface area contributed by atoms with Crippen LogP contribution in [0.1, 0.15) is 26.7 Å². The van der Waals surface area contributed by atoms with Gasteiger partial charge in [-0.3, -0.25) is 9.69 Å². The normalized spacial score (nSPS) is 20.3. The number of hydrogen-bond acceptors (Lipinski definition) is 4. The van der Waals surface area contributed by atoms with E-state index in [9.17, 15) is 9.59 Å². The molecule has 0 aromatic heterocycles. The molecule has 0 radical (unpaired) electrons. The van der Waals surface area contributed by atoms with E-state index < -0.39 is 12.0 Å². The van der Waals surface area contributed by atoms with Gasteiger partial charge in [-0.15, -0.1) is 0 Å². The maximum Gasteiger partial charge on any atom is 0.326 e. The minimum atomic E-state index is -0.958. The first kappa shape index (κ1) is 15.9. The van der Waals surface area contributed by atoms with Gasteiger partial charge in [0, 0.05) is 13.1 Å². The molecule has 1 heterocycles. The van der Waals surface area contributed by atoms with Crippen LogP contribution < -0.4 is 10.6 Å². The summed E-state index contributed by atoms with van der Waals surface area (Å²) >= 11 is 0. The largest absolute Gasteiger partial charge is 0.480 e. The minimum Gasteiger partial charge on any atom is -0.480 e. The Bertz CT molecular complexity index is 302. The second-order valence-corrected chi connectivity index (χ2v) is 5.15. The Morgan fingerprint density at radius 3 is 2.74 bits per heavy atom. The van der Waals surface area contributed by atoms with Crippen molar-refractivity contribution in [1.29, 1.82) is 0 Å². The third-order valence-electron chi connectivity index (χ3n) is 3.60. The fraction of sp³-hybridized carbons (Fsp3) is 0.846. The molecule has 0 bridgehead atoms. The van der Waals surface area contributed by atoms with Crippen LogP contribution in [0.3, 0.4) is 0 Å². The molecule has 19 heavy (non-hydrogen) atoms. The van der Waals surface area contributed by atoms with E-state index in [1.165, 1.54) is 0 Å². The summed E-state index contributed by atoms with van der Waals surface area (Å²) in [6.07, 6.45) is 1.74. The number of carboxylic acid groups (broad SMARTS) is 1. The van der Waals surface area contributed by atoms with Gasteiger partial charge in [-0.2, -0.15) is 0 Å². The first-order valence-electron chi connectivity index (χ1n) is 6.99. The Morgan fingerprint density at radius 1 is 1.37 bits per heavy atom. The van der Waals surface area contributed by atoms with Gasteiger partial charge in [0.1, 0.15) is 6.04 Å². The summed E-state index contributed by atoms with van der Waals surface area (Å²) in [4.78, 5) is 25.1. The van der Waals surface area contributed by atoms with Crippen molar-refractivity contribution in [2.24, 2.45) is 5.92 Å². The van der Waals surface area contributed by atoms with Crippen molar-refractivity contribution in [2.75, 3.05) is 32.7 Å². The maximum atomic E-state index is 11.9. The van der Waals surface area contributed by atoms with Gasteiger partial charge < -0.3 is 15.7 Å². The molecule has 0 aromatic carbocycles. The molecule has 0 saturated carbocycles. The third kappa shape index (κ3) is 5.57. The Morgan fingerprint density at radius 2 is 2.11 bits per heavy atom. The molecule has 1 aliphatic rings. The van der Waals surface area contributed by atoms with Crippen LogP contribution in [-0.4, -0.2) is 60.6 Å². The average molecular weight is 271 g/mol. The molecule has 1 aliphatic heterocycles. The quantitative estimate of drug-likeness (QED) is 0.628. The second-order valence-electron chi connectivity index (χ2n) is 5.15. The molecule has 1 fully saturated rings. The summed E-state index contributed by atoms with van der Waals surface area (Å²) in [6, 6.07) is -0.789. The van der Waals surface area contributed by atoms with E-state index in [0.717, 1.165) is 39.0 Å². The van der Waals surface area contributed by atoms with Gasteiger partial charge in [-0.1, -0.05) is 20.3 Å². The number of hydrogen-bond donors (Lipinski definition) is 3. The zero-order valence-corrected chi connectivity index (χ0v) is 11.8. The van der Waals surface area contributed by atoms with Crippen molar-refractivity contribution in [1.82, 2.24) is 15.5 Å². The maximum absolute atomic E-state index is 11.9. The van der Waals surface area contributed by atoms with E-state index in [1.807, 2.05) is 13.8 Å². The molecule has 0 aromatic rings. The molecule has 6 heteroatoms. The molecule has 1 saturated heterocycles. The molecule has 1 rings (SSSR count). The Labute approximate surface area is 114 Å². The lowest BCUT2D eigenvalue weighted by Gasteiger charge is -2.23. The number of nitrogens with zero attached hydrogens (tertiary/aromatic N) is 1. The average Bonchev–Trinajstić information content (AvgIpc) is 2.63. The standard InChI is InChI=1S/C13H25N3O3/c1-3-10(2)12(13(18)19)15-11(17)9-16-7-4-5-14-6-8-16/h10,12,14H,3-9H2,1-2H3,(H,15,17)(H,18,19)/t10?,12-/m0/s1. The minimum absolute atomic E-state index is 0.0627. The smallest absolute Gasteiger partial charge is 0.326 e. The van der Waals surface area contributed by atoms with Crippen LogP contribution in [0.25, 0.3) is 0 Å². The molecule has 1 unspecified atom stereocenters. The van der Waals surface area contributed by atoms with Crippen LogP contribution in [-0.2, 0) is 9.59 Å². The summed E-state index contributed by atoms with van der Waals surface area (Å²) in [5.74, 6) is -1.22. The number of carboxylic acids is 1. The molecule has 0 spiro atoms. The predicted molar refractivity (Wildman–Crippen MR) is 72.9 cm³/mol. The van der Waals surface area contributed by atoms with Crippen molar-refractivity contribution in [3.63, 3.8) is 0 Å². The van der Waals surface area contributed by atoms with Crippen LogP contribution in [0.2, 0.25) is 0 Å².